The third kappa shape index (κ3) is 4.45. The molecule has 0 saturated heterocycles. The van der Waals surface area contributed by atoms with Gasteiger partial charge in [-0.1, -0.05) is 0 Å². The number of carbonyl (C=O) groups is 1. The van der Waals surface area contributed by atoms with Gasteiger partial charge in [0.15, 0.2) is 0 Å². The Bertz CT molecular complexity index is 650. The van der Waals surface area contributed by atoms with Crippen LogP contribution in [0, 0.1) is 0 Å². The van der Waals surface area contributed by atoms with E-state index in [0.717, 1.165) is 24.9 Å². The van der Waals surface area contributed by atoms with E-state index in [9.17, 15) is 9.59 Å². The fraction of sp³-hybridized carbons (Fsp3) is 0.267. The summed E-state index contributed by atoms with van der Waals surface area (Å²) in [7, 11) is 0. The molecule has 0 saturated carbocycles. The molecule has 0 unspecified atom stereocenters. The number of anilines is 1. The van der Waals surface area contributed by atoms with Gasteiger partial charge in [-0.25, -0.2) is 4.79 Å². The van der Waals surface area contributed by atoms with Crippen molar-refractivity contribution in [2.75, 3.05) is 12.3 Å². The fourth-order valence-electron chi connectivity index (χ4n) is 1.83. The van der Waals surface area contributed by atoms with Gasteiger partial charge < -0.3 is 10.5 Å². The van der Waals surface area contributed by atoms with Crippen molar-refractivity contribution in [1.82, 2.24) is 9.55 Å². The van der Waals surface area contributed by atoms with Gasteiger partial charge in [0.25, 0.3) is 0 Å². The molecule has 0 radical (unpaired) electrons. The lowest BCUT2D eigenvalue weighted by molar-refractivity contribution is 0.112. The number of aldehydes is 1. The summed E-state index contributed by atoms with van der Waals surface area (Å²) in [6.07, 6.45) is 4.05. The molecule has 1 heterocycles. The second-order valence-electron chi connectivity index (χ2n) is 4.57. The van der Waals surface area contributed by atoms with E-state index in [1.54, 1.807) is 36.5 Å². The first-order valence-corrected chi connectivity index (χ1v) is 6.70. The number of hydrogen-bond acceptors (Lipinski definition) is 5. The summed E-state index contributed by atoms with van der Waals surface area (Å²) >= 11 is 0. The standard InChI is InChI=1S/C15H17N3O3/c16-14-7-9-18(15(20)17-14)8-1-2-10-21-13-5-3-12(11-19)4-6-13/h3-7,9,11H,1-2,8,10H2,(H2,16,17,20). The van der Waals surface area contributed by atoms with E-state index in [1.165, 1.54) is 4.57 Å². The number of nitrogen functional groups attached to an aromatic ring is 1. The van der Waals surface area contributed by atoms with E-state index >= 15 is 0 Å². The van der Waals surface area contributed by atoms with Crippen molar-refractivity contribution < 1.29 is 9.53 Å². The van der Waals surface area contributed by atoms with Crippen molar-refractivity contribution in [2.24, 2.45) is 0 Å². The molecular weight excluding hydrogens is 270 g/mol. The molecule has 0 spiro atoms. The predicted octanol–water partition coefficient (Wildman–Crippen LogP) is 1.50. The molecule has 0 fully saturated rings. The second-order valence-corrected chi connectivity index (χ2v) is 4.57. The van der Waals surface area contributed by atoms with E-state index in [0.29, 0.717) is 18.7 Å². The summed E-state index contributed by atoms with van der Waals surface area (Å²) in [4.78, 5) is 25.7. The predicted molar refractivity (Wildman–Crippen MR) is 79.5 cm³/mol. The minimum atomic E-state index is -0.333. The number of unbranched alkanes of at least 4 members (excludes halogenated alkanes) is 1. The van der Waals surface area contributed by atoms with Crippen LogP contribution in [0.25, 0.3) is 0 Å². The molecule has 2 rings (SSSR count). The van der Waals surface area contributed by atoms with Crippen molar-refractivity contribution in [3.05, 3.63) is 52.6 Å². The maximum Gasteiger partial charge on any atom is 0.349 e. The minimum absolute atomic E-state index is 0.235. The third-order valence-electron chi connectivity index (χ3n) is 2.97. The second kappa shape index (κ2) is 7.23. The van der Waals surface area contributed by atoms with Crippen molar-refractivity contribution in [3.63, 3.8) is 0 Å². The molecular formula is C15H17N3O3. The van der Waals surface area contributed by atoms with Gasteiger partial charge >= 0.3 is 5.69 Å². The van der Waals surface area contributed by atoms with E-state index < -0.39 is 0 Å². The molecule has 6 heteroatoms. The first-order valence-electron chi connectivity index (χ1n) is 6.70. The summed E-state index contributed by atoms with van der Waals surface area (Å²) in [5.41, 5.74) is 5.71. The topological polar surface area (TPSA) is 87.2 Å². The van der Waals surface area contributed by atoms with Crippen molar-refractivity contribution in [1.29, 1.82) is 0 Å². The Balaban J connectivity index is 1.72. The third-order valence-corrected chi connectivity index (χ3v) is 2.97. The van der Waals surface area contributed by atoms with Crippen LogP contribution < -0.4 is 16.2 Å². The molecule has 110 valence electrons. The lowest BCUT2D eigenvalue weighted by atomic mass is 10.2. The summed E-state index contributed by atoms with van der Waals surface area (Å²) in [6.45, 7) is 1.14. The largest absolute Gasteiger partial charge is 0.494 e. The fourth-order valence-corrected chi connectivity index (χ4v) is 1.83. The minimum Gasteiger partial charge on any atom is -0.494 e. The highest BCUT2D eigenvalue weighted by Gasteiger charge is 1.99. The number of hydrogen-bond donors (Lipinski definition) is 1. The highest BCUT2D eigenvalue weighted by molar-refractivity contribution is 5.74. The van der Waals surface area contributed by atoms with Gasteiger partial charge in [-0.05, 0) is 43.2 Å². The van der Waals surface area contributed by atoms with E-state index in [2.05, 4.69) is 4.98 Å². The highest BCUT2D eigenvalue weighted by atomic mass is 16.5. The molecule has 0 aliphatic carbocycles. The van der Waals surface area contributed by atoms with Crippen LogP contribution in [0.3, 0.4) is 0 Å². The Kier molecular flexibility index (Phi) is 5.09. The monoisotopic (exact) mass is 287 g/mol. The van der Waals surface area contributed by atoms with Crippen LogP contribution in [0.2, 0.25) is 0 Å². The first-order chi connectivity index (χ1) is 10.2. The first kappa shape index (κ1) is 14.8. The van der Waals surface area contributed by atoms with Crippen LogP contribution in [0.15, 0.2) is 41.3 Å². The number of carbonyl (C=O) groups excluding carboxylic acids is 1. The van der Waals surface area contributed by atoms with Crippen molar-refractivity contribution in [2.45, 2.75) is 19.4 Å². The Morgan fingerprint density at radius 2 is 1.95 bits per heavy atom. The zero-order chi connectivity index (χ0) is 15.1. The Morgan fingerprint density at radius 3 is 2.62 bits per heavy atom. The lowest BCUT2D eigenvalue weighted by Gasteiger charge is -2.07. The quantitative estimate of drug-likeness (QED) is 0.616. The van der Waals surface area contributed by atoms with Crippen LogP contribution in [0.4, 0.5) is 5.82 Å². The van der Waals surface area contributed by atoms with Crippen LogP contribution in [-0.4, -0.2) is 22.4 Å². The number of aromatic nitrogens is 2. The molecule has 6 nitrogen and oxygen atoms in total. The summed E-state index contributed by atoms with van der Waals surface area (Å²) < 4.78 is 7.08. The molecule has 0 amide bonds. The molecule has 0 aliphatic heterocycles. The van der Waals surface area contributed by atoms with Gasteiger partial charge in [0.2, 0.25) is 0 Å². The zero-order valence-electron chi connectivity index (χ0n) is 11.6. The van der Waals surface area contributed by atoms with Gasteiger partial charge in [0.05, 0.1) is 6.61 Å². The lowest BCUT2D eigenvalue weighted by Crippen LogP contribution is -2.23. The van der Waals surface area contributed by atoms with Crippen LogP contribution in [-0.2, 0) is 6.54 Å². The van der Waals surface area contributed by atoms with E-state index in [1.807, 2.05) is 0 Å². The van der Waals surface area contributed by atoms with Gasteiger partial charge in [-0.3, -0.25) is 9.36 Å². The van der Waals surface area contributed by atoms with Crippen LogP contribution >= 0.6 is 0 Å². The maximum absolute atomic E-state index is 11.5. The highest BCUT2D eigenvalue weighted by Crippen LogP contribution is 2.11. The van der Waals surface area contributed by atoms with Gasteiger partial charge in [-0.15, -0.1) is 0 Å². The SMILES string of the molecule is Nc1ccn(CCCCOc2ccc(C=O)cc2)c(=O)n1. The summed E-state index contributed by atoms with van der Waals surface area (Å²) in [5, 5.41) is 0. The number of rotatable bonds is 7. The summed E-state index contributed by atoms with van der Waals surface area (Å²) in [5.74, 6) is 0.963. The number of aryl methyl sites for hydroxylation is 1. The van der Waals surface area contributed by atoms with Gasteiger partial charge in [-0.2, -0.15) is 4.98 Å². The van der Waals surface area contributed by atoms with E-state index in [-0.39, 0.29) is 11.5 Å². The number of nitrogens with two attached hydrogens (primary N) is 1. The maximum atomic E-state index is 11.5. The van der Waals surface area contributed by atoms with Gasteiger partial charge in [0, 0.05) is 18.3 Å². The zero-order valence-corrected chi connectivity index (χ0v) is 11.6. The molecule has 0 bridgehead atoms. The number of benzene rings is 1. The van der Waals surface area contributed by atoms with Gasteiger partial charge in [0.1, 0.15) is 17.9 Å². The van der Waals surface area contributed by atoms with E-state index in [4.69, 9.17) is 10.5 Å². The van der Waals surface area contributed by atoms with Crippen LogP contribution in [0.5, 0.6) is 5.75 Å². The number of nitrogens with zero attached hydrogens (tertiary/aromatic N) is 2. The molecule has 0 atom stereocenters. The molecule has 0 aliphatic rings. The summed E-state index contributed by atoms with van der Waals surface area (Å²) in [6, 6.07) is 8.55. The normalized spacial score (nSPS) is 10.3. The van der Waals surface area contributed by atoms with Crippen molar-refractivity contribution in [3.8, 4) is 5.75 Å². The Hall–Kier alpha value is -2.63. The molecule has 21 heavy (non-hydrogen) atoms. The smallest absolute Gasteiger partial charge is 0.349 e. The van der Waals surface area contributed by atoms with Crippen LogP contribution in [0.1, 0.15) is 23.2 Å². The average Bonchev–Trinajstić information content (AvgIpc) is 2.49. The van der Waals surface area contributed by atoms with Crippen molar-refractivity contribution >= 4 is 12.1 Å². The number of ether oxygens (including phenoxy) is 1. The Labute approximate surface area is 122 Å². The average molecular weight is 287 g/mol. The molecule has 1 aromatic heterocycles. The molecule has 1 aromatic carbocycles. The Morgan fingerprint density at radius 1 is 1.19 bits per heavy atom. The molecule has 2 N–H and O–H groups in total. The molecule has 2 aromatic rings.